The van der Waals surface area contributed by atoms with Crippen molar-refractivity contribution in [2.45, 2.75) is 25.9 Å². The Hall–Kier alpha value is -1.26. The molecule has 0 amide bonds. The number of allylic oxidation sites excluding steroid dienone is 2. The second kappa shape index (κ2) is 3.37. The first-order valence-corrected chi connectivity index (χ1v) is 5.46. The zero-order valence-corrected chi connectivity index (χ0v) is 9.73. The number of nitrogens with two attached hydrogens (primary N) is 1. The largest absolute Gasteiger partial charge is 0.399 e. The van der Waals surface area contributed by atoms with Gasteiger partial charge in [-0.15, -0.1) is 0 Å². The molecule has 0 saturated heterocycles. The third-order valence-electron chi connectivity index (χ3n) is 3.98. The van der Waals surface area contributed by atoms with E-state index in [1.165, 1.54) is 6.92 Å². The van der Waals surface area contributed by atoms with Crippen LogP contribution in [0.1, 0.15) is 13.8 Å². The van der Waals surface area contributed by atoms with Gasteiger partial charge in [0.2, 0.25) is 0 Å². The fraction of sp³-hybridized carbons (Fsp3) is 0.583. The van der Waals surface area contributed by atoms with Gasteiger partial charge in [0, 0.05) is 11.5 Å². The molecule has 0 aromatic carbocycles. The van der Waals surface area contributed by atoms with Crippen molar-refractivity contribution in [3.63, 3.8) is 0 Å². The molecule has 94 valence electrons. The molecular weight excluding hydrogens is 229 g/mol. The normalized spacial score (nSPS) is 39.5. The van der Waals surface area contributed by atoms with E-state index in [1.807, 2.05) is 0 Å². The minimum atomic E-state index is -2.91. The summed E-state index contributed by atoms with van der Waals surface area (Å²) in [6.07, 6.45) is -2.91. The quantitative estimate of drug-likeness (QED) is 0.582. The Morgan fingerprint density at radius 3 is 2.41 bits per heavy atom. The fourth-order valence-corrected chi connectivity index (χ4v) is 3.03. The van der Waals surface area contributed by atoms with Gasteiger partial charge in [0.25, 0.3) is 6.43 Å². The van der Waals surface area contributed by atoms with Crippen LogP contribution < -0.4 is 5.73 Å². The summed E-state index contributed by atoms with van der Waals surface area (Å²) in [5, 5.41) is 7.35. The molecule has 0 radical (unpaired) electrons. The number of nitrogens with one attached hydrogen (secondary N) is 1. The first-order chi connectivity index (χ1) is 7.74. The maximum absolute atomic E-state index is 14.8. The molecule has 1 fully saturated rings. The molecule has 2 rings (SSSR count). The predicted octanol–water partition coefficient (Wildman–Crippen LogP) is 2.66. The third kappa shape index (κ3) is 1.31. The molecule has 0 aliphatic heterocycles. The Morgan fingerprint density at radius 2 is 2.06 bits per heavy atom. The number of hydrogen-bond donors (Lipinski definition) is 2. The summed E-state index contributed by atoms with van der Waals surface area (Å²) in [6.45, 7) is 6.86. The van der Waals surface area contributed by atoms with E-state index in [-0.39, 0.29) is 28.7 Å². The zero-order valence-electron chi connectivity index (χ0n) is 9.73. The van der Waals surface area contributed by atoms with Crippen molar-refractivity contribution in [3.8, 4) is 0 Å². The molecule has 1 saturated carbocycles. The Balaban J connectivity index is 2.49. The highest BCUT2D eigenvalue weighted by molar-refractivity contribution is 6.03. The van der Waals surface area contributed by atoms with E-state index >= 15 is 0 Å². The van der Waals surface area contributed by atoms with Gasteiger partial charge in [-0.05, 0) is 24.3 Å². The fourth-order valence-electron chi connectivity index (χ4n) is 3.03. The molecule has 0 aromatic heterocycles. The van der Waals surface area contributed by atoms with Crippen LogP contribution in [0.4, 0.5) is 13.2 Å². The molecule has 2 aliphatic rings. The van der Waals surface area contributed by atoms with Gasteiger partial charge in [-0.2, -0.15) is 0 Å². The van der Waals surface area contributed by atoms with E-state index in [2.05, 4.69) is 6.58 Å². The van der Waals surface area contributed by atoms with Gasteiger partial charge in [-0.3, -0.25) is 5.41 Å². The molecule has 0 aromatic rings. The lowest BCUT2D eigenvalue weighted by atomic mass is 9.89. The summed E-state index contributed by atoms with van der Waals surface area (Å²) in [4.78, 5) is 0. The average molecular weight is 244 g/mol. The highest BCUT2D eigenvalue weighted by Crippen LogP contribution is 2.66. The maximum atomic E-state index is 14.8. The minimum absolute atomic E-state index is 0.00278. The van der Waals surface area contributed by atoms with Crippen molar-refractivity contribution in [1.82, 2.24) is 0 Å². The number of fused-ring (bicyclic) bond motifs is 1. The summed E-state index contributed by atoms with van der Waals surface area (Å²) < 4.78 is 39.9. The van der Waals surface area contributed by atoms with Gasteiger partial charge in [-0.1, -0.05) is 13.5 Å². The highest BCUT2D eigenvalue weighted by Gasteiger charge is 2.69. The lowest BCUT2D eigenvalue weighted by Crippen LogP contribution is -2.34. The van der Waals surface area contributed by atoms with Crippen LogP contribution in [0.3, 0.4) is 0 Å². The SMILES string of the molecule is C=C(C)C1(F)C(N)=C(C(=N)C(F)F)[C@@H]2[C@H](C)[C@@H]21. The first-order valence-electron chi connectivity index (χ1n) is 5.46. The van der Waals surface area contributed by atoms with Crippen LogP contribution >= 0.6 is 0 Å². The molecule has 0 bridgehead atoms. The zero-order chi connectivity index (χ0) is 13.1. The smallest absolute Gasteiger partial charge is 0.280 e. The molecule has 5 heteroatoms. The average Bonchev–Trinajstić information content (AvgIpc) is 2.80. The van der Waals surface area contributed by atoms with E-state index in [0.29, 0.717) is 0 Å². The van der Waals surface area contributed by atoms with E-state index in [0.717, 1.165) is 0 Å². The molecule has 0 spiro atoms. The highest BCUT2D eigenvalue weighted by atomic mass is 19.3. The Bertz CT molecular complexity index is 441. The van der Waals surface area contributed by atoms with Crippen molar-refractivity contribution < 1.29 is 13.2 Å². The standard InChI is InChI=1S/C12H15F3N2/c1-4(2)12(15)8-5(3)6(8)7(10(12)17)9(16)11(13)14/h5-6,8,11,16H,1,17H2,2-3H3/t5-,6-,8-,12?/m0/s1. The minimum Gasteiger partial charge on any atom is -0.399 e. The van der Waals surface area contributed by atoms with Crippen molar-refractivity contribution in [3.05, 3.63) is 23.4 Å². The van der Waals surface area contributed by atoms with Crippen molar-refractivity contribution in [2.75, 3.05) is 0 Å². The summed E-state index contributed by atoms with van der Waals surface area (Å²) in [7, 11) is 0. The van der Waals surface area contributed by atoms with Crippen LogP contribution in [-0.4, -0.2) is 17.8 Å². The van der Waals surface area contributed by atoms with E-state index in [4.69, 9.17) is 11.1 Å². The van der Waals surface area contributed by atoms with Gasteiger partial charge in [0.05, 0.1) is 5.70 Å². The van der Waals surface area contributed by atoms with Gasteiger partial charge in [0.1, 0.15) is 5.71 Å². The number of hydrogen-bond acceptors (Lipinski definition) is 2. The van der Waals surface area contributed by atoms with Crippen LogP contribution in [-0.2, 0) is 0 Å². The van der Waals surface area contributed by atoms with Crippen molar-refractivity contribution in [2.24, 2.45) is 23.5 Å². The van der Waals surface area contributed by atoms with Crippen LogP contribution in [0.2, 0.25) is 0 Å². The Morgan fingerprint density at radius 1 is 1.53 bits per heavy atom. The van der Waals surface area contributed by atoms with E-state index < -0.39 is 23.7 Å². The molecule has 2 aliphatic carbocycles. The third-order valence-corrected chi connectivity index (χ3v) is 3.98. The summed E-state index contributed by atoms with van der Waals surface area (Å²) in [6, 6.07) is 0. The number of alkyl halides is 3. The Kier molecular flexibility index (Phi) is 2.42. The molecule has 1 unspecified atom stereocenters. The molecular formula is C12H15F3N2. The lowest BCUT2D eigenvalue weighted by Gasteiger charge is -2.25. The van der Waals surface area contributed by atoms with Crippen molar-refractivity contribution in [1.29, 1.82) is 5.41 Å². The van der Waals surface area contributed by atoms with Gasteiger partial charge >= 0.3 is 0 Å². The molecule has 4 atom stereocenters. The monoisotopic (exact) mass is 244 g/mol. The number of halogens is 3. The lowest BCUT2D eigenvalue weighted by molar-refractivity contribution is 0.221. The predicted molar refractivity (Wildman–Crippen MR) is 59.7 cm³/mol. The first kappa shape index (κ1) is 12.2. The van der Waals surface area contributed by atoms with Crippen LogP contribution in [0.15, 0.2) is 23.4 Å². The maximum Gasteiger partial charge on any atom is 0.280 e. The number of rotatable bonds is 3. The summed E-state index contributed by atoms with van der Waals surface area (Å²) >= 11 is 0. The van der Waals surface area contributed by atoms with Gasteiger partial charge in [0.15, 0.2) is 5.67 Å². The molecule has 2 nitrogen and oxygen atoms in total. The van der Waals surface area contributed by atoms with Crippen molar-refractivity contribution >= 4 is 5.71 Å². The molecule has 0 heterocycles. The second-order valence-corrected chi connectivity index (χ2v) is 4.94. The second-order valence-electron chi connectivity index (χ2n) is 4.94. The van der Waals surface area contributed by atoms with Gasteiger partial charge < -0.3 is 5.73 Å². The molecule has 3 N–H and O–H groups in total. The summed E-state index contributed by atoms with van der Waals surface area (Å²) in [5.41, 5.74) is 2.89. The van der Waals surface area contributed by atoms with Crippen LogP contribution in [0.5, 0.6) is 0 Å². The van der Waals surface area contributed by atoms with Gasteiger partial charge in [-0.25, -0.2) is 13.2 Å². The Labute approximate surface area is 97.9 Å². The topological polar surface area (TPSA) is 49.9 Å². The summed E-state index contributed by atoms with van der Waals surface area (Å²) in [5.74, 6) is -0.828. The van der Waals surface area contributed by atoms with E-state index in [1.54, 1.807) is 6.92 Å². The van der Waals surface area contributed by atoms with Crippen LogP contribution in [0.25, 0.3) is 0 Å². The molecule has 17 heavy (non-hydrogen) atoms. The van der Waals surface area contributed by atoms with E-state index in [9.17, 15) is 13.2 Å². The van der Waals surface area contributed by atoms with Crippen LogP contribution in [0, 0.1) is 23.2 Å².